The fraction of sp³-hybridized carbons (Fsp3) is 0.360. The van der Waals surface area contributed by atoms with Gasteiger partial charge in [0.1, 0.15) is 5.75 Å². The maximum absolute atomic E-state index is 12.2. The number of ether oxygens (including phenoxy) is 5. The largest absolute Gasteiger partial charge is 0.506 e. The topological polar surface area (TPSA) is 129 Å². The Morgan fingerprint density at radius 1 is 1.11 bits per heavy atom. The van der Waals surface area contributed by atoms with Crippen LogP contribution < -0.4 is 19.5 Å². The van der Waals surface area contributed by atoms with Crippen molar-refractivity contribution >= 4 is 12.0 Å². The van der Waals surface area contributed by atoms with Crippen molar-refractivity contribution in [3.8, 4) is 23.0 Å². The lowest BCUT2D eigenvalue weighted by Crippen LogP contribution is -2.21. The van der Waals surface area contributed by atoms with Crippen LogP contribution in [0.25, 0.3) is 6.08 Å². The van der Waals surface area contributed by atoms with E-state index in [0.717, 1.165) is 5.56 Å². The number of allylic oxidation sites excluding steroid dienone is 2. The highest BCUT2D eigenvalue weighted by molar-refractivity contribution is 5.88. The van der Waals surface area contributed by atoms with Gasteiger partial charge in [-0.15, -0.1) is 0 Å². The summed E-state index contributed by atoms with van der Waals surface area (Å²) in [6.45, 7) is 2.28. The van der Waals surface area contributed by atoms with Gasteiger partial charge in [-0.2, -0.15) is 0 Å². The van der Waals surface area contributed by atoms with Gasteiger partial charge in [-0.05, 0) is 24.6 Å². The molecule has 0 aliphatic rings. The average molecular weight is 489 g/mol. The van der Waals surface area contributed by atoms with Crippen LogP contribution in [0.4, 0.5) is 0 Å². The highest BCUT2D eigenvalue weighted by Gasteiger charge is 2.14. The fourth-order valence-electron chi connectivity index (χ4n) is 3.00. The summed E-state index contributed by atoms with van der Waals surface area (Å²) < 4.78 is 26.7. The van der Waals surface area contributed by atoms with Crippen LogP contribution in [-0.2, 0) is 27.4 Å². The number of pyridine rings is 1. The van der Waals surface area contributed by atoms with Gasteiger partial charge < -0.3 is 39.2 Å². The van der Waals surface area contributed by atoms with Crippen LogP contribution in [0.3, 0.4) is 0 Å². The average Bonchev–Trinajstić information content (AvgIpc) is 2.87. The molecular weight excluding hydrogens is 456 g/mol. The van der Waals surface area contributed by atoms with E-state index >= 15 is 0 Å². The van der Waals surface area contributed by atoms with E-state index < -0.39 is 0 Å². The lowest BCUT2D eigenvalue weighted by Gasteiger charge is -2.15. The smallest absolute Gasteiger partial charge is 0.244 e. The predicted molar refractivity (Wildman–Crippen MR) is 129 cm³/mol. The molecule has 1 amide bonds. The Labute approximate surface area is 204 Å². The van der Waals surface area contributed by atoms with Gasteiger partial charge in [0.25, 0.3) is 0 Å². The van der Waals surface area contributed by atoms with Gasteiger partial charge in [0, 0.05) is 37.1 Å². The summed E-state index contributed by atoms with van der Waals surface area (Å²) in [5, 5.41) is 22.3. The second-order valence-electron chi connectivity index (χ2n) is 7.21. The van der Waals surface area contributed by atoms with E-state index in [-0.39, 0.29) is 31.6 Å². The van der Waals surface area contributed by atoms with Crippen molar-refractivity contribution in [2.24, 2.45) is 0 Å². The summed E-state index contributed by atoms with van der Waals surface area (Å²) in [6, 6.07) is 3.53. The Kier molecular flexibility index (Phi) is 11.5. The molecule has 0 radical (unpaired) electrons. The molecule has 0 aliphatic carbocycles. The van der Waals surface area contributed by atoms with Crippen molar-refractivity contribution in [2.45, 2.75) is 20.1 Å². The normalized spacial score (nSPS) is 11.2. The van der Waals surface area contributed by atoms with E-state index in [4.69, 9.17) is 23.7 Å². The minimum atomic E-state index is -0.361. The molecule has 0 saturated heterocycles. The number of nitrogens with zero attached hydrogens (tertiary/aromatic N) is 1. The second-order valence-corrected chi connectivity index (χ2v) is 7.21. The van der Waals surface area contributed by atoms with E-state index in [9.17, 15) is 15.0 Å². The molecule has 190 valence electrons. The minimum absolute atomic E-state index is 0.0136. The third-order valence-electron chi connectivity index (χ3n) is 4.89. The van der Waals surface area contributed by atoms with Crippen LogP contribution in [0.15, 0.2) is 36.6 Å². The number of hydrogen-bond acceptors (Lipinski definition) is 9. The van der Waals surface area contributed by atoms with Crippen LogP contribution >= 0.6 is 0 Å². The standard InChI is InChI=1S/C25H32N2O8/c1-17-24(30)20(19(15-28)13-26-17)14-27-23(29)8-6-5-7-18-11-21(32-3)25(22(12-18)33-4)35-16-34-10-9-31-2/h5-8,11-13,28,30H,9-10,14-16H2,1-4H3,(H,27,29). The van der Waals surface area contributed by atoms with Gasteiger partial charge >= 0.3 is 0 Å². The number of hydrogen-bond donors (Lipinski definition) is 3. The molecule has 1 aromatic heterocycles. The molecule has 3 N–H and O–H groups in total. The van der Waals surface area contributed by atoms with E-state index in [1.807, 2.05) is 0 Å². The first-order valence-electron chi connectivity index (χ1n) is 10.8. The quantitative estimate of drug-likeness (QED) is 0.159. The number of aromatic hydroxyl groups is 1. The first kappa shape index (κ1) is 27.6. The number of aromatic nitrogens is 1. The molecule has 10 heteroatoms. The molecule has 10 nitrogen and oxygen atoms in total. The Morgan fingerprint density at radius 2 is 1.83 bits per heavy atom. The van der Waals surface area contributed by atoms with Crippen LogP contribution in [-0.4, -0.2) is 62.4 Å². The number of aliphatic hydroxyl groups excluding tert-OH is 1. The molecule has 0 spiro atoms. The summed E-state index contributed by atoms with van der Waals surface area (Å²) in [6.07, 6.45) is 7.86. The summed E-state index contributed by atoms with van der Waals surface area (Å²) in [5.41, 5.74) is 2.07. The van der Waals surface area contributed by atoms with Gasteiger partial charge in [0.2, 0.25) is 11.7 Å². The number of aryl methyl sites for hydroxylation is 1. The van der Waals surface area contributed by atoms with Crippen molar-refractivity contribution in [2.75, 3.05) is 41.3 Å². The number of benzene rings is 1. The third-order valence-corrected chi connectivity index (χ3v) is 4.89. The summed E-state index contributed by atoms with van der Waals surface area (Å²) in [4.78, 5) is 16.2. The number of amides is 1. The molecule has 1 aromatic carbocycles. The molecule has 0 atom stereocenters. The lowest BCUT2D eigenvalue weighted by molar-refractivity contribution is -0.116. The second kappa shape index (κ2) is 14.6. The van der Waals surface area contributed by atoms with Crippen molar-refractivity contribution in [1.82, 2.24) is 10.3 Å². The SMILES string of the molecule is COCCOCOc1c(OC)cc(C=CC=CC(=O)NCc2c(CO)cnc(C)c2O)cc1OC. The van der Waals surface area contributed by atoms with Crippen molar-refractivity contribution in [3.63, 3.8) is 0 Å². The maximum Gasteiger partial charge on any atom is 0.244 e. The minimum Gasteiger partial charge on any atom is -0.506 e. The zero-order valence-corrected chi connectivity index (χ0v) is 20.4. The number of methoxy groups -OCH3 is 3. The van der Waals surface area contributed by atoms with E-state index in [0.29, 0.717) is 47.3 Å². The molecule has 0 bridgehead atoms. The van der Waals surface area contributed by atoms with Crippen molar-refractivity contribution in [1.29, 1.82) is 0 Å². The van der Waals surface area contributed by atoms with Gasteiger partial charge in [-0.25, -0.2) is 0 Å². The number of carbonyl (C=O) groups is 1. The van der Waals surface area contributed by atoms with Crippen LogP contribution in [0.5, 0.6) is 23.0 Å². The Hall–Kier alpha value is -3.60. The highest BCUT2D eigenvalue weighted by Crippen LogP contribution is 2.39. The zero-order chi connectivity index (χ0) is 25.6. The molecular formula is C25H32N2O8. The summed E-state index contributed by atoms with van der Waals surface area (Å²) >= 11 is 0. The highest BCUT2D eigenvalue weighted by atomic mass is 16.7. The maximum atomic E-state index is 12.2. The van der Waals surface area contributed by atoms with E-state index in [1.54, 1.807) is 44.4 Å². The lowest BCUT2D eigenvalue weighted by atomic mass is 10.1. The van der Waals surface area contributed by atoms with Gasteiger partial charge in [0.05, 0.1) is 39.7 Å². The molecule has 2 aromatic rings. The fourth-order valence-corrected chi connectivity index (χ4v) is 3.00. The van der Waals surface area contributed by atoms with Gasteiger partial charge in [-0.3, -0.25) is 9.78 Å². The molecule has 2 rings (SSSR count). The number of aliphatic hydroxyl groups is 1. The van der Waals surface area contributed by atoms with Gasteiger partial charge in [0.15, 0.2) is 18.3 Å². The molecule has 0 fully saturated rings. The third kappa shape index (κ3) is 8.29. The van der Waals surface area contributed by atoms with E-state index in [1.165, 1.54) is 26.5 Å². The Morgan fingerprint density at radius 3 is 2.46 bits per heavy atom. The van der Waals surface area contributed by atoms with Crippen LogP contribution in [0.2, 0.25) is 0 Å². The summed E-state index contributed by atoms with van der Waals surface area (Å²) in [5.74, 6) is 0.940. The molecule has 35 heavy (non-hydrogen) atoms. The molecule has 0 unspecified atom stereocenters. The predicted octanol–water partition coefficient (Wildman–Crippen LogP) is 2.49. The van der Waals surface area contributed by atoms with Crippen LogP contribution in [0.1, 0.15) is 22.4 Å². The Bertz CT molecular complexity index is 1010. The number of rotatable bonds is 14. The van der Waals surface area contributed by atoms with Crippen molar-refractivity contribution in [3.05, 3.63) is 58.9 Å². The first-order valence-corrected chi connectivity index (χ1v) is 10.8. The Balaban J connectivity index is 2.00. The van der Waals surface area contributed by atoms with Crippen molar-refractivity contribution < 1.29 is 38.7 Å². The van der Waals surface area contributed by atoms with Crippen LogP contribution in [0, 0.1) is 6.92 Å². The summed E-state index contributed by atoms with van der Waals surface area (Å²) in [7, 11) is 4.64. The van der Waals surface area contributed by atoms with E-state index in [2.05, 4.69) is 10.3 Å². The molecule has 0 aliphatic heterocycles. The number of nitrogens with one attached hydrogen (secondary N) is 1. The number of carbonyl (C=O) groups excluding carboxylic acids is 1. The van der Waals surface area contributed by atoms with Gasteiger partial charge in [-0.1, -0.05) is 18.2 Å². The zero-order valence-electron chi connectivity index (χ0n) is 20.4. The molecule has 1 heterocycles. The monoisotopic (exact) mass is 488 g/mol. The first-order chi connectivity index (χ1) is 16.9. The molecule has 0 saturated carbocycles.